The zero-order valence-electron chi connectivity index (χ0n) is 15.0. The van der Waals surface area contributed by atoms with Crippen LogP contribution in [0.2, 0.25) is 0 Å². The van der Waals surface area contributed by atoms with Crippen molar-refractivity contribution in [2.45, 2.75) is 6.29 Å². The summed E-state index contributed by atoms with van der Waals surface area (Å²) in [5.41, 5.74) is 1.42. The Morgan fingerprint density at radius 2 is 1.79 bits per heavy atom. The molecule has 148 valence electrons. The second-order valence-electron chi connectivity index (χ2n) is 6.81. The molecule has 2 aromatic carbocycles. The Balaban J connectivity index is 1.28. The molecule has 0 atom stereocenters. The molecule has 1 amide bonds. The van der Waals surface area contributed by atoms with Crippen LogP contribution in [0.5, 0.6) is 17.2 Å². The first-order valence-electron chi connectivity index (χ1n) is 8.95. The zero-order chi connectivity index (χ0) is 19.7. The molecular formula is C19H20F2N3O4+. The van der Waals surface area contributed by atoms with Gasteiger partial charge < -0.3 is 29.7 Å². The number of carbonyl (C=O) groups excluding carboxylic acids is 1. The average Bonchev–Trinajstić information content (AvgIpc) is 2.96. The number of phenols is 1. The van der Waals surface area contributed by atoms with Crippen molar-refractivity contribution in [3.63, 3.8) is 0 Å². The Kier molecular flexibility index (Phi) is 4.68. The zero-order valence-corrected chi connectivity index (χ0v) is 15.0. The number of quaternary nitrogens is 1. The fraction of sp³-hybridized carbons (Fsp3) is 0.316. The lowest BCUT2D eigenvalue weighted by molar-refractivity contribution is -0.892. The lowest BCUT2D eigenvalue weighted by Gasteiger charge is -2.33. The summed E-state index contributed by atoms with van der Waals surface area (Å²) in [7, 11) is 0. The normalized spacial score (nSPS) is 18.1. The maximum Gasteiger partial charge on any atom is 0.586 e. The average molecular weight is 392 g/mol. The van der Waals surface area contributed by atoms with Crippen LogP contribution in [-0.4, -0.2) is 50.0 Å². The van der Waals surface area contributed by atoms with Crippen molar-refractivity contribution in [2.75, 3.05) is 42.9 Å². The first-order chi connectivity index (χ1) is 13.4. The van der Waals surface area contributed by atoms with Gasteiger partial charge in [-0.3, -0.25) is 4.79 Å². The van der Waals surface area contributed by atoms with Crippen molar-refractivity contribution in [3.05, 3.63) is 42.5 Å². The predicted molar refractivity (Wildman–Crippen MR) is 97.2 cm³/mol. The van der Waals surface area contributed by atoms with Crippen molar-refractivity contribution in [2.24, 2.45) is 0 Å². The fourth-order valence-electron chi connectivity index (χ4n) is 3.38. The summed E-state index contributed by atoms with van der Waals surface area (Å²) in [5, 5.41) is 12.1. The van der Waals surface area contributed by atoms with Crippen LogP contribution in [0.15, 0.2) is 42.5 Å². The Morgan fingerprint density at radius 3 is 2.50 bits per heavy atom. The number of fused-ring (bicyclic) bond motifs is 1. The topological polar surface area (TPSA) is 75.5 Å². The molecule has 9 heteroatoms. The van der Waals surface area contributed by atoms with Crippen LogP contribution >= 0.6 is 0 Å². The van der Waals surface area contributed by atoms with Crippen LogP contribution in [0, 0.1) is 0 Å². The summed E-state index contributed by atoms with van der Waals surface area (Å²) >= 11 is 0. The Labute approximate surface area is 160 Å². The van der Waals surface area contributed by atoms with E-state index in [1.807, 2.05) is 12.1 Å². The summed E-state index contributed by atoms with van der Waals surface area (Å²) in [6.07, 6.45) is -3.67. The molecule has 1 fully saturated rings. The molecule has 0 unspecified atom stereocenters. The number of amides is 1. The van der Waals surface area contributed by atoms with Crippen LogP contribution < -0.4 is 24.6 Å². The first-order valence-corrected chi connectivity index (χ1v) is 8.95. The van der Waals surface area contributed by atoms with Gasteiger partial charge in [-0.1, -0.05) is 0 Å². The number of phenolic OH excluding ortho intramolecular Hbond substituents is 1. The Bertz CT molecular complexity index is 868. The van der Waals surface area contributed by atoms with Gasteiger partial charge in [0.05, 0.1) is 26.2 Å². The SMILES string of the molecule is O=C(C[NH+]1CCN(c2ccc(O)cc2)CC1)Nc1ccc2c(c1)OC(F)(F)O2. The summed E-state index contributed by atoms with van der Waals surface area (Å²) in [4.78, 5) is 15.6. The van der Waals surface area contributed by atoms with Gasteiger partial charge in [-0.15, -0.1) is 8.78 Å². The number of alkyl halides is 2. The van der Waals surface area contributed by atoms with E-state index in [1.54, 1.807) is 12.1 Å². The molecule has 28 heavy (non-hydrogen) atoms. The van der Waals surface area contributed by atoms with Crippen LogP contribution in [-0.2, 0) is 4.79 Å². The number of nitrogens with one attached hydrogen (secondary N) is 2. The molecule has 4 rings (SSSR count). The van der Waals surface area contributed by atoms with Gasteiger partial charge in [-0.25, -0.2) is 0 Å². The maximum absolute atomic E-state index is 13.1. The number of rotatable bonds is 4. The van der Waals surface area contributed by atoms with E-state index in [9.17, 15) is 18.7 Å². The minimum atomic E-state index is -3.67. The molecule has 0 spiro atoms. The molecule has 2 aliphatic rings. The Hall–Kier alpha value is -3.07. The summed E-state index contributed by atoms with van der Waals surface area (Å²) in [6, 6.07) is 11.2. The quantitative estimate of drug-likeness (QED) is 0.726. The second kappa shape index (κ2) is 7.16. The Morgan fingerprint density at radius 1 is 1.11 bits per heavy atom. The maximum atomic E-state index is 13.1. The van der Waals surface area contributed by atoms with E-state index in [0.717, 1.165) is 36.8 Å². The van der Waals surface area contributed by atoms with E-state index < -0.39 is 6.29 Å². The highest BCUT2D eigenvalue weighted by atomic mass is 19.3. The molecule has 7 nitrogen and oxygen atoms in total. The highest BCUT2D eigenvalue weighted by Crippen LogP contribution is 2.42. The van der Waals surface area contributed by atoms with Gasteiger partial charge in [0.2, 0.25) is 0 Å². The number of hydrogen-bond acceptors (Lipinski definition) is 5. The van der Waals surface area contributed by atoms with E-state index in [2.05, 4.69) is 19.7 Å². The number of nitrogens with zero attached hydrogens (tertiary/aromatic N) is 1. The van der Waals surface area contributed by atoms with Crippen LogP contribution in [0.4, 0.5) is 20.2 Å². The molecule has 0 saturated carbocycles. The number of benzene rings is 2. The van der Waals surface area contributed by atoms with E-state index in [0.29, 0.717) is 5.69 Å². The van der Waals surface area contributed by atoms with Gasteiger partial charge in [-0.2, -0.15) is 0 Å². The standard InChI is InChI=1S/C19H19F2N3O4/c20-19(21)27-16-6-1-13(11-17(16)28-19)22-18(26)12-23-7-9-24(10-8-23)14-2-4-15(25)5-3-14/h1-6,11,25H,7-10,12H2,(H,22,26)/p+1. The first kappa shape index (κ1) is 18.3. The molecular weight excluding hydrogens is 372 g/mol. The second-order valence-corrected chi connectivity index (χ2v) is 6.81. The number of halogens is 2. The fourth-order valence-corrected chi connectivity index (χ4v) is 3.38. The van der Waals surface area contributed by atoms with E-state index in [1.165, 1.54) is 18.2 Å². The molecule has 0 aliphatic carbocycles. The molecule has 0 radical (unpaired) electrons. The van der Waals surface area contributed by atoms with Gasteiger partial charge in [0.15, 0.2) is 18.0 Å². The smallest absolute Gasteiger partial charge is 0.508 e. The summed E-state index contributed by atoms with van der Waals surface area (Å²) < 4.78 is 34.9. The number of anilines is 2. The van der Waals surface area contributed by atoms with E-state index >= 15 is 0 Å². The summed E-state index contributed by atoms with van der Waals surface area (Å²) in [5.74, 6) is -0.118. The number of aromatic hydroxyl groups is 1. The van der Waals surface area contributed by atoms with Gasteiger partial charge >= 0.3 is 6.29 Å². The molecule has 1 saturated heterocycles. The third kappa shape index (κ3) is 4.09. The van der Waals surface area contributed by atoms with Gasteiger partial charge in [0.1, 0.15) is 5.75 Å². The molecule has 2 aliphatic heterocycles. The summed E-state index contributed by atoms with van der Waals surface area (Å²) in [6.45, 7) is 3.47. The van der Waals surface area contributed by atoms with Crippen molar-refractivity contribution in [1.82, 2.24) is 0 Å². The van der Waals surface area contributed by atoms with E-state index in [-0.39, 0.29) is 29.7 Å². The van der Waals surface area contributed by atoms with Crippen LogP contribution in [0.3, 0.4) is 0 Å². The minimum absolute atomic E-state index is 0.0565. The highest BCUT2D eigenvalue weighted by molar-refractivity contribution is 5.91. The lowest BCUT2D eigenvalue weighted by atomic mass is 10.2. The predicted octanol–water partition coefficient (Wildman–Crippen LogP) is 1.06. The highest BCUT2D eigenvalue weighted by Gasteiger charge is 2.43. The number of ether oxygens (including phenoxy) is 2. The lowest BCUT2D eigenvalue weighted by Crippen LogP contribution is -3.15. The number of piperazine rings is 1. The van der Waals surface area contributed by atoms with Crippen molar-refractivity contribution in [1.29, 1.82) is 0 Å². The molecule has 0 aromatic heterocycles. The van der Waals surface area contributed by atoms with Crippen LogP contribution in [0.1, 0.15) is 0 Å². The third-order valence-corrected chi connectivity index (χ3v) is 4.78. The van der Waals surface area contributed by atoms with E-state index in [4.69, 9.17) is 0 Å². The number of hydrogen-bond donors (Lipinski definition) is 3. The largest absolute Gasteiger partial charge is 0.586 e. The van der Waals surface area contributed by atoms with Crippen molar-refractivity contribution in [3.8, 4) is 17.2 Å². The third-order valence-electron chi connectivity index (χ3n) is 4.78. The molecule has 2 aromatic rings. The minimum Gasteiger partial charge on any atom is -0.508 e. The van der Waals surface area contributed by atoms with Crippen molar-refractivity contribution < 1.29 is 33.1 Å². The number of carbonyl (C=O) groups is 1. The van der Waals surface area contributed by atoms with Gasteiger partial charge in [-0.05, 0) is 36.4 Å². The van der Waals surface area contributed by atoms with Gasteiger partial charge in [0.25, 0.3) is 5.91 Å². The molecule has 2 heterocycles. The van der Waals surface area contributed by atoms with Crippen molar-refractivity contribution >= 4 is 17.3 Å². The molecule has 3 N–H and O–H groups in total. The monoisotopic (exact) mass is 392 g/mol. The van der Waals surface area contributed by atoms with Gasteiger partial charge in [0, 0.05) is 17.4 Å². The van der Waals surface area contributed by atoms with Crippen LogP contribution in [0.25, 0.3) is 0 Å². The molecule has 0 bridgehead atoms.